The molecule has 186 valence electrons. The Kier molecular flexibility index (Phi) is 6.65. The molecule has 0 aromatic carbocycles. The van der Waals surface area contributed by atoms with Crippen molar-refractivity contribution in [1.82, 2.24) is 0 Å². The topological polar surface area (TPSA) is 98.0 Å². The van der Waals surface area contributed by atoms with E-state index in [1.807, 2.05) is 6.92 Å². The third-order valence-corrected chi connectivity index (χ3v) is 10.5. The molecule has 0 aliphatic heterocycles. The normalized spacial score (nSPS) is 45.6. The Morgan fingerprint density at radius 1 is 1.21 bits per heavy atom. The number of hydrogen-bond acceptors (Lipinski definition) is 4. The first-order valence-corrected chi connectivity index (χ1v) is 13.1. The van der Waals surface area contributed by atoms with Gasteiger partial charge in [0.25, 0.3) is 0 Å². The maximum absolute atomic E-state index is 13.0. The second-order valence-corrected chi connectivity index (χ2v) is 12.3. The molecule has 0 saturated heterocycles. The summed E-state index contributed by atoms with van der Waals surface area (Å²) >= 11 is 0. The molecule has 4 aliphatic rings. The van der Waals surface area contributed by atoms with E-state index in [-0.39, 0.29) is 36.0 Å². The average Bonchev–Trinajstić information content (AvgIpc) is 3.13. The van der Waals surface area contributed by atoms with Crippen LogP contribution >= 0.6 is 0 Å². The van der Waals surface area contributed by atoms with E-state index in [0.717, 1.165) is 37.7 Å². The molecule has 5 unspecified atom stereocenters. The number of carbonyl (C=O) groups is 1. The van der Waals surface area contributed by atoms with E-state index in [1.54, 1.807) is 0 Å². The van der Waals surface area contributed by atoms with Crippen molar-refractivity contribution in [3.05, 3.63) is 23.8 Å². The molecule has 0 aromatic rings. The van der Waals surface area contributed by atoms with Gasteiger partial charge >= 0.3 is 5.97 Å². The fourth-order valence-electron chi connectivity index (χ4n) is 8.60. The highest BCUT2D eigenvalue weighted by Gasteiger charge is 2.67. The molecule has 5 nitrogen and oxygen atoms in total. The first kappa shape index (κ1) is 24.9. The number of aliphatic carboxylic acids is 1. The Morgan fingerprint density at radius 2 is 1.91 bits per heavy atom. The van der Waals surface area contributed by atoms with E-state index in [2.05, 4.69) is 33.4 Å². The zero-order valence-corrected chi connectivity index (χ0v) is 20.8. The van der Waals surface area contributed by atoms with Crippen LogP contribution in [0.3, 0.4) is 0 Å². The number of carboxylic acids is 1. The van der Waals surface area contributed by atoms with Crippen LogP contribution in [-0.2, 0) is 4.79 Å². The van der Waals surface area contributed by atoms with Crippen LogP contribution < -0.4 is 0 Å². The van der Waals surface area contributed by atoms with Gasteiger partial charge in [-0.3, -0.25) is 4.79 Å². The Morgan fingerprint density at radius 3 is 2.55 bits per heavy atom. The Hall–Kier alpha value is -1.17. The smallest absolute Gasteiger partial charge is 0.310 e. The molecule has 0 radical (unpaired) electrons. The third kappa shape index (κ3) is 3.73. The molecule has 0 aromatic heterocycles. The zero-order chi connectivity index (χ0) is 24.3. The number of fused-ring (bicyclic) bond motifs is 5. The maximum atomic E-state index is 13.0. The molecule has 5 heteroatoms. The predicted molar refractivity (Wildman–Crippen MR) is 128 cm³/mol. The van der Waals surface area contributed by atoms with Crippen LogP contribution in [0.2, 0.25) is 0 Å². The van der Waals surface area contributed by atoms with E-state index in [4.69, 9.17) is 0 Å². The lowest BCUT2D eigenvalue weighted by molar-refractivity contribution is -0.188. The second-order valence-electron chi connectivity index (χ2n) is 12.3. The standard InChI is InChI=1S/C28H44O5/c1-15(2)16(3)6-7-17(4)21-10-11-22-20-9-8-18-12-19(29)13-24(31)27(18,5)25(20)23(30)14-28(21,22)26(32)33/h8,15,17,19-25,29-31H,3,6-7,9-14H2,1-2,4-5H3,(H,32,33)/t17?,19-,20?,21?,22?,23-,24+,25?,27-,28+/m1/s1. The number of allylic oxidation sites excluding steroid dienone is 2. The van der Waals surface area contributed by atoms with Crippen molar-refractivity contribution in [1.29, 1.82) is 0 Å². The molecule has 33 heavy (non-hydrogen) atoms. The molecular weight excluding hydrogens is 416 g/mol. The van der Waals surface area contributed by atoms with Gasteiger partial charge in [-0.15, -0.1) is 0 Å². The highest BCUT2D eigenvalue weighted by atomic mass is 16.4. The SMILES string of the molecule is C=C(CCC(C)C1CCC2C3CC=C4C[C@@H](O)C[C@H](O)[C@]4(C)C3[C@H](O)C[C@]12C(=O)O)C(C)C. The molecule has 4 rings (SSSR count). The van der Waals surface area contributed by atoms with Gasteiger partial charge in [-0.2, -0.15) is 0 Å². The first-order chi connectivity index (χ1) is 15.4. The number of rotatable bonds is 6. The number of carboxylic acid groups (broad SMARTS) is 1. The van der Waals surface area contributed by atoms with Gasteiger partial charge in [0, 0.05) is 11.8 Å². The van der Waals surface area contributed by atoms with Crippen molar-refractivity contribution >= 4 is 5.97 Å². The van der Waals surface area contributed by atoms with Crippen LogP contribution in [0.4, 0.5) is 0 Å². The highest BCUT2D eigenvalue weighted by Crippen LogP contribution is 2.67. The van der Waals surface area contributed by atoms with Gasteiger partial charge in [0.2, 0.25) is 0 Å². The minimum Gasteiger partial charge on any atom is -0.481 e. The zero-order valence-electron chi connectivity index (χ0n) is 20.8. The first-order valence-electron chi connectivity index (χ1n) is 13.1. The molecule has 4 N–H and O–H groups in total. The van der Waals surface area contributed by atoms with Crippen LogP contribution in [-0.4, -0.2) is 44.7 Å². The lowest BCUT2D eigenvalue weighted by Crippen LogP contribution is -2.62. The Balaban J connectivity index is 1.65. The average molecular weight is 461 g/mol. The van der Waals surface area contributed by atoms with Crippen LogP contribution in [0.25, 0.3) is 0 Å². The summed E-state index contributed by atoms with van der Waals surface area (Å²) < 4.78 is 0. The quantitative estimate of drug-likeness (QED) is 0.436. The van der Waals surface area contributed by atoms with Gasteiger partial charge in [-0.05, 0) is 80.5 Å². The van der Waals surface area contributed by atoms with E-state index in [0.29, 0.717) is 18.8 Å². The summed E-state index contributed by atoms with van der Waals surface area (Å²) in [4.78, 5) is 13.0. The fourth-order valence-corrected chi connectivity index (χ4v) is 8.60. The van der Waals surface area contributed by atoms with Crippen LogP contribution in [0.15, 0.2) is 23.8 Å². The molecule has 3 fully saturated rings. The van der Waals surface area contributed by atoms with Crippen molar-refractivity contribution in [2.45, 2.75) is 97.4 Å². The molecule has 4 aliphatic carbocycles. The lowest BCUT2D eigenvalue weighted by atomic mass is 9.45. The summed E-state index contributed by atoms with van der Waals surface area (Å²) in [6.45, 7) is 12.7. The molecule has 10 atom stereocenters. The number of aliphatic hydroxyl groups is 3. The van der Waals surface area contributed by atoms with Gasteiger partial charge in [0.15, 0.2) is 0 Å². The minimum absolute atomic E-state index is 0.0119. The Bertz CT molecular complexity index is 817. The summed E-state index contributed by atoms with van der Waals surface area (Å²) in [6, 6.07) is 0. The van der Waals surface area contributed by atoms with Crippen LogP contribution in [0.5, 0.6) is 0 Å². The molecule has 0 amide bonds. The molecule has 0 spiro atoms. The minimum atomic E-state index is -0.903. The number of aliphatic hydroxyl groups excluding tert-OH is 3. The van der Waals surface area contributed by atoms with Gasteiger partial charge in [-0.1, -0.05) is 51.5 Å². The summed E-state index contributed by atoms with van der Waals surface area (Å²) in [5.41, 5.74) is 0.771. The van der Waals surface area contributed by atoms with Gasteiger partial charge in [-0.25, -0.2) is 0 Å². The molecule has 0 heterocycles. The molecule has 0 bridgehead atoms. The summed E-state index contributed by atoms with van der Waals surface area (Å²) in [6.07, 6.45) is 5.60. The monoisotopic (exact) mass is 460 g/mol. The van der Waals surface area contributed by atoms with Crippen molar-refractivity contribution < 1.29 is 25.2 Å². The van der Waals surface area contributed by atoms with Gasteiger partial charge in [0.05, 0.1) is 23.7 Å². The largest absolute Gasteiger partial charge is 0.481 e. The van der Waals surface area contributed by atoms with Crippen molar-refractivity contribution in [3.8, 4) is 0 Å². The summed E-state index contributed by atoms with van der Waals surface area (Å²) in [7, 11) is 0. The fraction of sp³-hybridized carbons (Fsp3) is 0.821. The highest BCUT2D eigenvalue weighted by molar-refractivity contribution is 5.76. The maximum Gasteiger partial charge on any atom is 0.310 e. The lowest BCUT2D eigenvalue weighted by Gasteiger charge is -2.60. The number of hydrogen-bond donors (Lipinski definition) is 4. The van der Waals surface area contributed by atoms with Crippen molar-refractivity contribution in [3.63, 3.8) is 0 Å². The van der Waals surface area contributed by atoms with Gasteiger partial charge in [0.1, 0.15) is 0 Å². The summed E-state index contributed by atoms with van der Waals surface area (Å²) in [5, 5.41) is 43.5. The molecular formula is C28H44O5. The van der Waals surface area contributed by atoms with Crippen molar-refractivity contribution in [2.24, 2.45) is 46.3 Å². The second kappa shape index (κ2) is 8.80. The third-order valence-electron chi connectivity index (χ3n) is 10.5. The van der Waals surface area contributed by atoms with Crippen LogP contribution in [0, 0.1) is 46.3 Å². The van der Waals surface area contributed by atoms with E-state index >= 15 is 0 Å². The van der Waals surface area contributed by atoms with E-state index in [9.17, 15) is 25.2 Å². The Labute approximate surface area is 199 Å². The predicted octanol–water partition coefficient (Wildman–Crippen LogP) is 4.56. The summed E-state index contributed by atoms with van der Waals surface area (Å²) in [5.74, 6) is -0.112. The van der Waals surface area contributed by atoms with Crippen LogP contribution in [0.1, 0.15) is 79.1 Å². The van der Waals surface area contributed by atoms with Crippen molar-refractivity contribution in [2.75, 3.05) is 0 Å². The van der Waals surface area contributed by atoms with Gasteiger partial charge < -0.3 is 20.4 Å². The van der Waals surface area contributed by atoms with E-state index in [1.165, 1.54) is 5.57 Å². The molecule has 3 saturated carbocycles. The van der Waals surface area contributed by atoms with E-state index < -0.39 is 35.1 Å².